The first-order valence-electron chi connectivity index (χ1n) is 6.15. The van der Waals surface area contributed by atoms with E-state index >= 15 is 0 Å². The van der Waals surface area contributed by atoms with E-state index < -0.39 is 11.9 Å². The van der Waals surface area contributed by atoms with Crippen molar-refractivity contribution in [3.05, 3.63) is 33.8 Å². The van der Waals surface area contributed by atoms with Crippen LogP contribution in [0.15, 0.2) is 22.7 Å². The number of carboxylic acids is 1. The highest BCUT2D eigenvalue weighted by Gasteiger charge is 2.21. The van der Waals surface area contributed by atoms with Crippen molar-refractivity contribution in [2.24, 2.45) is 5.92 Å². The van der Waals surface area contributed by atoms with Gasteiger partial charge in [0, 0.05) is 17.6 Å². The summed E-state index contributed by atoms with van der Waals surface area (Å²) in [5.74, 6) is -1.62. The minimum atomic E-state index is -0.894. The molecule has 0 spiro atoms. The Morgan fingerprint density at radius 1 is 1.42 bits per heavy atom. The lowest BCUT2D eigenvalue weighted by atomic mass is 10.1. The number of rotatable bonds is 5. The molecule has 1 amide bonds. The molecular formula is C14H18BrNO3. The van der Waals surface area contributed by atoms with E-state index in [1.54, 1.807) is 17.9 Å². The molecule has 1 aromatic carbocycles. The van der Waals surface area contributed by atoms with Crippen LogP contribution in [0.5, 0.6) is 0 Å². The van der Waals surface area contributed by atoms with E-state index in [4.69, 9.17) is 5.11 Å². The molecule has 0 radical (unpaired) electrons. The first-order valence-corrected chi connectivity index (χ1v) is 6.94. The summed E-state index contributed by atoms with van der Waals surface area (Å²) >= 11 is 3.38. The monoisotopic (exact) mass is 327 g/mol. The first kappa shape index (κ1) is 15.7. The fourth-order valence-corrected chi connectivity index (χ4v) is 2.39. The van der Waals surface area contributed by atoms with Gasteiger partial charge in [-0.1, -0.05) is 13.0 Å². The lowest BCUT2D eigenvalue weighted by Crippen LogP contribution is -2.36. The van der Waals surface area contributed by atoms with Crippen molar-refractivity contribution in [1.29, 1.82) is 0 Å². The minimum absolute atomic E-state index is 0.150. The fraction of sp³-hybridized carbons (Fsp3) is 0.429. The van der Waals surface area contributed by atoms with Crippen LogP contribution in [0, 0.1) is 12.8 Å². The number of nitrogens with zero attached hydrogens (tertiary/aromatic N) is 1. The van der Waals surface area contributed by atoms with E-state index in [9.17, 15) is 9.59 Å². The van der Waals surface area contributed by atoms with Crippen LogP contribution in [0.4, 0.5) is 0 Å². The molecule has 0 aliphatic rings. The van der Waals surface area contributed by atoms with Gasteiger partial charge in [-0.3, -0.25) is 9.59 Å². The molecule has 1 N–H and O–H groups in total. The molecule has 0 aromatic heterocycles. The maximum Gasteiger partial charge on any atom is 0.308 e. The van der Waals surface area contributed by atoms with Crippen molar-refractivity contribution in [3.63, 3.8) is 0 Å². The number of carbonyl (C=O) groups is 2. The number of aliphatic carboxylic acids is 1. The summed E-state index contributed by atoms with van der Waals surface area (Å²) in [6.07, 6.45) is 0. The van der Waals surface area contributed by atoms with Gasteiger partial charge < -0.3 is 10.0 Å². The van der Waals surface area contributed by atoms with Crippen molar-refractivity contribution in [3.8, 4) is 0 Å². The Kier molecular flexibility index (Phi) is 5.54. The van der Waals surface area contributed by atoms with Crippen LogP contribution < -0.4 is 0 Å². The number of hydrogen-bond donors (Lipinski definition) is 1. The summed E-state index contributed by atoms with van der Waals surface area (Å²) in [6.45, 7) is 6.09. The van der Waals surface area contributed by atoms with Gasteiger partial charge in [-0.25, -0.2) is 0 Å². The van der Waals surface area contributed by atoms with E-state index in [2.05, 4.69) is 15.9 Å². The Morgan fingerprint density at radius 2 is 2.05 bits per heavy atom. The zero-order chi connectivity index (χ0) is 14.6. The smallest absolute Gasteiger partial charge is 0.308 e. The highest BCUT2D eigenvalue weighted by Crippen LogP contribution is 2.20. The van der Waals surface area contributed by atoms with Crippen LogP contribution >= 0.6 is 15.9 Å². The van der Waals surface area contributed by atoms with Crippen LogP contribution in [0.3, 0.4) is 0 Å². The standard InChI is InChI=1S/C14H18BrNO3/c1-4-16(8-10(3)14(18)19)13(17)11-6-5-9(2)7-12(11)15/h5-7,10H,4,8H2,1-3H3,(H,18,19). The van der Waals surface area contributed by atoms with Gasteiger partial charge in [-0.2, -0.15) is 0 Å². The Labute approximate surface area is 121 Å². The SMILES string of the molecule is CCN(CC(C)C(=O)O)C(=O)c1ccc(C)cc1Br. The lowest BCUT2D eigenvalue weighted by molar-refractivity contribution is -0.141. The molecule has 5 heteroatoms. The van der Waals surface area contributed by atoms with E-state index in [0.717, 1.165) is 10.0 Å². The van der Waals surface area contributed by atoms with Gasteiger partial charge in [0.25, 0.3) is 5.91 Å². The summed E-state index contributed by atoms with van der Waals surface area (Å²) in [5.41, 5.74) is 1.62. The highest BCUT2D eigenvalue weighted by atomic mass is 79.9. The normalized spacial score (nSPS) is 12.0. The Morgan fingerprint density at radius 3 is 2.53 bits per heavy atom. The molecule has 0 aliphatic heterocycles. The molecule has 104 valence electrons. The maximum absolute atomic E-state index is 12.4. The largest absolute Gasteiger partial charge is 0.481 e. The van der Waals surface area contributed by atoms with E-state index in [1.807, 2.05) is 26.0 Å². The number of benzene rings is 1. The first-order chi connectivity index (χ1) is 8.86. The van der Waals surface area contributed by atoms with Gasteiger partial charge in [0.1, 0.15) is 0 Å². The zero-order valence-electron chi connectivity index (χ0n) is 11.3. The van der Waals surface area contributed by atoms with Crippen molar-refractivity contribution < 1.29 is 14.7 Å². The van der Waals surface area contributed by atoms with Crippen molar-refractivity contribution in [2.45, 2.75) is 20.8 Å². The van der Waals surface area contributed by atoms with Crippen molar-refractivity contribution in [2.75, 3.05) is 13.1 Å². The van der Waals surface area contributed by atoms with Crippen molar-refractivity contribution >= 4 is 27.8 Å². The van der Waals surface area contributed by atoms with Gasteiger partial charge >= 0.3 is 5.97 Å². The van der Waals surface area contributed by atoms with Crippen LogP contribution in [0.1, 0.15) is 29.8 Å². The Bertz CT molecular complexity index is 488. The van der Waals surface area contributed by atoms with Gasteiger partial charge in [0.15, 0.2) is 0 Å². The second kappa shape index (κ2) is 6.70. The average molecular weight is 328 g/mol. The van der Waals surface area contributed by atoms with E-state index in [-0.39, 0.29) is 12.5 Å². The second-order valence-electron chi connectivity index (χ2n) is 4.57. The molecule has 4 nitrogen and oxygen atoms in total. The fourth-order valence-electron chi connectivity index (χ4n) is 1.73. The number of aryl methyl sites for hydroxylation is 1. The molecule has 0 heterocycles. The molecule has 1 atom stereocenters. The Hall–Kier alpha value is -1.36. The molecule has 0 aliphatic carbocycles. The number of halogens is 1. The molecule has 0 bridgehead atoms. The third-order valence-corrected chi connectivity index (χ3v) is 3.60. The van der Waals surface area contributed by atoms with Crippen LogP contribution in [-0.4, -0.2) is 35.0 Å². The average Bonchev–Trinajstić information content (AvgIpc) is 2.34. The summed E-state index contributed by atoms with van der Waals surface area (Å²) < 4.78 is 0.735. The third-order valence-electron chi connectivity index (χ3n) is 2.94. The quantitative estimate of drug-likeness (QED) is 0.904. The van der Waals surface area contributed by atoms with E-state index in [0.29, 0.717) is 12.1 Å². The summed E-state index contributed by atoms with van der Waals surface area (Å²) in [4.78, 5) is 24.8. The molecule has 1 rings (SSSR count). The summed E-state index contributed by atoms with van der Waals surface area (Å²) in [5, 5.41) is 8.92. The van der Waals surface area contributed by atoms with Crippen molar-refractivity contribution in [1.82, 2.24) is 4.90 Å². The third kappa shape index (κ3) is 4.06. The molecule has 0 fully saturated rings. The highest BCUT2D eigenvalue weighted by molar-refractivity contribution is 9.10. The molecule has 0 saturated heterocycles. The predicted molar refractivity (Wildman–Crippen MR) is 77.3 cm³/mol. The van der Waals surface area contributed by atoms with Crippen LogP contribution in [-0.2, 0) is 4.79 Å². The van der Waals surface area contributed by atoms with Crippen LogP contribution in [0.2, 0.25) is 0 Å². The van der Waals surface area contributed by atoms with Crippen LogP contribution in [0.25, 0.3) is 0 Å². The number of carboxylic acid groups (broad SMARTS) is 1. The van der Waals surface area contributed by atoms with Gasteiger partial charge in [0.05, 0.1) is 11.5 Å². The van der Waals surface area contributed by atoms with Gasteiger partial charge in [-0.05, 0) is 47.5 Å². The van der Waals surface area contributed by atoms with Gasteiger partial charge in [-0.15, -0.1) is 0 Å². The summed E-state index contributed by atoms with van der Waals surface area (Å²) in [7, 11) is 0. The number of amides is 1. The number of carbonyl (C=O) groups excluding carboxylic acids is 1. The van der Waals surface area contributed by atoms with Gasteiger partial charge in [0.2, 0.25) is 0 Å². The summed E-state index contributed by atoms with van der Waals surface area (Å²) in [6, 6.07) is 5.50. The predicted octanol–water partition coefficient (Wildman–Crippen LogP) is 2.94. The minimum Gasteiger partial charge on any atom is -0.481 e. The molecule has 1 aromatic rings. The topological polar surface area (TPSA) is 57.6 Å². The zero-order valence-corrected chi connectivity index (χ0v) is 12.9. The molecule has 1 unspecified atom stereocenters. The van der Waals surface area contributed by atoms with E-state index in [1.165, 1.54) is 0 Å². The second-order valence-corrected chi connectivity index (χ2v) is 5.42. The Balaban J connectivity index is 2.92. The number of hydrogen-bond acceptors (Lipinski definition) is 2. The molecule has 19 heavy (non-hydrogen) atoms. The molecule has 0 saturated carbocycles. The lowest BCUT2D eigenvalue weighted by Gasteiger charge is -2.23. The molecular weight excluding hydrogens is 310 g/mol. The maximum atomic E-state index is 12.4.